The van der Waals surface area contributed by atoms with Crippen molar-refractivity contribution in [2.45, 2.75) is 10.4 Å². The number of hydrogen-bond acceptors (Lipinski definition) is 4. The highest BCUT2D eigenvalue weighted by molar-refractivity contribution is 7.92. The van der Waals surface area contributed by atoms with E-state index in [1.54, 1.807) is 0 Å². The molecule has 0 radical (unpaired) electrons. The van der Waals surface area contributed by atoms with E-state index >= 15 is 0 Å². The monoisotopic (exact) mass is 387 g/mol. The van der Waals surface area contributed by atoms with Crippen molar-refractivity contribution in [2.75, 3.05) is 10.6 Å². The van der Waals surface area contributed by atoms with Gasteiger partial charge < -0.3 is 16.4 Å². The highest BCUT2D eigenvalue weighted by atomic mass is 32.2. The summed E-state index contributed by atoms with van der Waals surface area (Å²) in [5, 5.41) is 4.80. The number of nitrogens with one attached hydrogen (secondary N) is 2. The number of rotatable bonds is 4. The molecule has 2 aromatic carbocycles. The summed E-state index contributed by atoms with van der Waals surface area (Å²) < 4.78 is 60.0. The Kier molecular flexibility index (Phi) is 5.21. The molecule has 0 unspecified atom stereocenters. The van der Waals surface area contributed by atoms with E-state index < -0.39 is 32.2 Å². The van der Waals surface area contributed by atoms with Gasteiger partial charge in [0, 0.05) is 16.9 Å². The summed E-state index contributed by atoms with van der Waals surface area (Å²) in [6, 6.07) is 8.47. The number of halogens is 3. The number of carbonyl (C=O) groups is 2. The zero-order valence-electron chi connectivity index (χ0n) is 12.9. The fraction of sp³-hybridized carbons (Fsp3) is 0.0667. The topological polar surface area (TPSA) is 118 Å². The third-order valence-corrected chi connectivity index (χ3v) is 4.64. The second kappa shape index (κ2) is 7.04. The predicted molar refractivity (Wildman–Crippen MR) is 87.3 cm³/mol. The van der Waals surface area contributed by atoms with E-state index in [-0.39, 0.29) is 5.56 Å². The minimum absolute atomic E-state index is 0.0366. The molecule has 3 amide bonds. The summed E-state index contributed by atoms with van der Waals surface area (Å²) in [5.41, 5.74) is 0.245. The first-order valence-electron chi connectivity index (χ1n) is 6.90. The summed E-state index contributed by atoms with van der Waals surface area (Å²) in [5.74, 6) is -0.656. The number of nitrogens with two attached hydrogens (primary N) is 1. The van der Waals surface area contributed by atoms with Crippen LogP contribution in [0.4, 0.5) is 29.3 Å². The van der Waals surface area contributed by atoms with Crippen LogP contribution in [0.5, 0.6) is 0 Å². The van der Waals surface area contributed by atoms with Crippen LogP contribution in [0.1, 0.15) is 10.4 Å². The normalized spacial score (nSPS) is 11.7. The van der Waals surface area contributed by atoms with Crippen molar-refractivity contribution in [1.29, 1.82) is 0 Å². The molecule has 7 nitrogen and oxygen atoms in total. The van der Waals surface area contributed by atoms with Crippen LogP contribution in [-0.4, -0.2) is 25.9 Å². The first-order valence-corrected chi connectivity index (χ1v) is 8.38. The molecule has 0 aliphatic rings. The number of anilines is 2. The van der Waals surface area contributed by atoms with Crippen LogP contribution in [0.3, 0.4) is 0 Å². The van der Waals surface area contributed by atoms with Gasteiger partial charge in [-0.05, 0) is 48.5 Å². The molecule has 2 rings (SSSR count). The second-order valence-corrected chi connectivity index (χ2v) is 6.94. The average molecular weight is 387 g/mol. The third kappa shape index (κ3) is 4.30. The van der Waals surface area contributed by atoms with E-state index in [0.717, 1.165) is 12.1 Å². The Morgan fingerprint density at radius 2 is 1.31 bits per heavy atom. The van der Waals surface area contributed by atoms with Crippen LogP contribution in [-0.2, 0) is 9.84 Å². The molecular formula is C15H12F3N3O4S. The lowest BCUT2D eigenvalue weighted by molar-refractivity contribution is -0.0436. The predicted octanol–water partition coefficient (Wildman–Crippen LogP) is 2.72. The quantitative estimate of drug-likeness (QED) is 0.747. The molecule has 11 heteroatoms. The molecule has 138 valence electrons. The summed E-state index contributed by atoms with van der Waals surface area (Å²) in [4.78, 5) is 21.8. The third-order valence-electron chi connectivity index (χ3n) is 3.14. The molecule has 0 saturated carbocycles. The summed E-state index contributed by atoms with van der Waals surface area (Å²) >= 11 is 0. The zero-order valence-corrected chi connectivity index (χ0v) is 13.7. The number of urea groups is 1. The minimum Gasteiger partial charge on any atom is -0.351 e. The highest BCUT2D eigenvalue weighted by Crippen LogP contribution is 2.30. The van der Waals surface area contributed by atoms with Crippen molar-refractivity contribution in [3.05, 3.63) is 54.1 Å². The van der Waals surface area contributed by atoms with Crippen molar-refractivity contribution in [1.82, 2.24) is 0 Å². The van der Waals surface area contributed by atoms with Crippen LogP contribution in [0.2, 0.25) is 0 Å². The first-order chi connectivity index (χ1) is 12.0. The van der Waals surface area contributed by atoms with Crippen LogP contribution in [0.15, 0.2) is 53.4 Å². The second-order valence-electron chi connectivity index (χ2n) is 4.99. The van der Waals surface area contributed by atoms with Crippen molar-refractivity contribution in [3.63, 3.8) is 0 Å². The lowest BCUT2D eigenvalue weighted by Crippen LogP contribution is -2.23. The fourth-order valence-corrected chi connectivity index (χ4v) is 2.66. The molecule has 0 aromatic heterocycles. The largest absolute Gasteiger partial charge is 0.501 e. The Morgan fingerprint density at radius 1 is 0.846 bits per heavy atom. The smallest absolute Gasteiger partial charge is 0.351 e. The lowest BCUT2D eigenvalue weighted by Gasteiger charge is -2.09. The number of sulfone groups is 1. The van der Waals surface area contributed by atoms with Gasteiger partial charge in [-0.25, -0.2) is 13.2 Å². The molecule has 0 spiro atoms. The molecule has 26 heavy (non-hydrogen) atoms. The Balaban J connectivity index is 2.12. The van der Waals surface area contributed by atoms with E-state index in [1.165, 1.54) is 24.3 Å². The first kappa shape index (κ1) is 19.2. The van der Waals surface area contributed by atoms with Crippen LogP contribution in [0, 0.1) is 0 Å². The van der Waals surface area contributed by atoms with Crippen LogP contribution < -0.4 is 16.4 Å². The van der Waals surface area contributed by atoms with Gasteiger partial charge in [-0.3, -0.25) is 4.79 Å². The van der Waals surface area contributed by atoms with Gasteiger partial charge >= 0.3 is 11.5 Å². The molecule has 0 bridgehead atoms. The van der Waals surface area contributed by atoms with Gasteiger partial charge in [0.15, 0.2) is 0 Å². The van der Waals surface area contributed by atoms with Crippen LogP contribution >= 0.6 is 0 Å². The molecular weight excluding hydrogens is 375 g/mol. The van der Waals surface area contributed by atoms with Gasteiger partial charge in [0.05, 0.1) is 4.90 Å². The summed E-state index contributed by atoms with van der Waals surface area (Å²) in [6.45, 7) is 0. The van der Waals surface area contributed by atoms with E-state index in [1.807, 2.05) is 0 Å². The van der Waals surface area contributed by atoms with E-state index in [4.69, 9.17) is 5.73 Å². The number of alkyl halides is 3. The Morgan fingerprint density at radius 3 is 1.73 bits per heavy atom. The Bertz CT molecular complexity index is 924. The number of benzene rings is 2. The van der Waals surface area contributed by atoms with Crippen molar-refractivity contribution >= 4 is 33.2 Å². The number of hydrogen-bond donors (Lipinski definition) is 3. The molecule has 2 aromatic rings. The molecule has 0 fully saturated rings. The van der Waals surface area contributed by atoms with Gasteiger partial charge in [-0.1, -0.05) is 0 Å². The molecule has 0 aliphatic carbocycles. The Labute approximate surface area is 145 Å². The van der Waals surface area contributed by atoms with E-state index in [0.29, 0.717) is 23.5 Å². The van der Waals surface area contributed by atoms with Crippen molar-refractivity contribution in [3.8, 4) is 0 Å². The maximum atomic E-state index is 12.5. The average Bonchev–Trinajstić information content (AvgIpc) is 2.55. The Hall–Kier alpha value is -3.08. The SMILES string of the molecule is NC(=O)Nc1ccc(NC(=O)c2ccc(S(=O)(=O)C(F)(F)F)cc2)cc1. The van der Waals surface area contributed by atoms with Gasteiger partial charge in [0.2, 0.25) is 0 Å². The summed E-state index contributed by atoms with van der Waals surface area (Å²) in [6.07, 6.45) is 0. The van der Waals surface area contributed by atoms with Crippen molar-refractivity contribution in [2.24, 2.45) is 5.73 Å². The van der Waals surface area contributed by atoms with E-state index in [2.05, 4.69) is 10.6 Å². The number of carbonyl (C=O) groups excluding carboxylic acids is 2. The minimum atomic E-state index is -5.47. The van der Waals surface area contributed by atoms with Gasteiger partial charge in [-0.15, -0.1) is 0 Å². The van der Waals surface area contributed by atoms with Gasteiger partial charge in [0.1, 0.15) is 0 Å². The molecule has 0 saturated heterocycles. The zero-order chi connectivity index (χ0) is 19.5. The van der Waals surface area contributed by atoms with Gasteiger partial charge in [-0.2, -0.15) is 13.2 Å². The lowest BCUT2D eigenvalue weighted by atomic mass is 10.2. The van der Waals surface area contributed by atoms with E-state index in [9.17, 15) is 31.2 Å². The summed E-state index contributed by atoms with van der Waals surface area (Å²) in [7, 11) is -5.47. The number of amides is 3. The van der Waals surface area contributed by atoms with Crippen LogP contribution in [0.25, 0.3) is 0 Å². The highest BCUT2D eigenvalue weighted by Gasteiger charge is 2.46. The molecule has 0 heterocycles. The fourth-order valence-electron chi connectivity index (χ4n) is 1.90. The number of primary amides is 1. The molecule has 4 N–H and O–H groups in total. The molecule has 0 aliphatic heterocycles. The maximum absolute atomic E-state index is 12.5. The standard InChI is InChI=1S/C15H12F3N3O4S/c16-15(17,18)26(24,25)12-7-1-9(2-8-12)13(22)20-10-3-5-11(6-4-10)21-14(19)23/h1-8H,(H,20,22)(H3,19,21,23). The van der Waals surface area contributed by atoms with Crippen molar-refractivity contribution < 1.29 is 31.2 Å². The maximum Gasteiger partial charge on any atom is 0.501 e. The molecule has 0 atom stereocenters. The van der Waals surface area contributed by atoms with Gasteiger partial charge in [0.25, 0.3) is 15.7 Å².